The van der Waals surface area contributed by atoms with Crippen molar-refractivity contribution >= 4 is 11.7 Å². The van der Waals surface area contributed by atoms with Crippen molar-refractivity contribution in [3.8, 4) is 5.75 Å². The predicted molar refractivity (Wildman–Crippen MR) is 203 cm³/mol. The molecule has 0 radical (unpaired) electrons. The van der Waals surface area contributed by atoms with Gasteiger partial charge in [-0.3, -0.25) is 4.79 Å². The lowest BCUT2D eigenvalue weighted by atomic mass is 10.0. The maximum absolute atomic E-state index is 11.9. The highest BCUT2D eigenvalue weighted by atomic mass is 16.6. The Morgan fingerprint density at radius 3 is 1.12 bits per heavy atom. The topological polar surface area (TPSA) is 126 Å². The summed E-state index contributed by atoms with van der Waals surface area (Å²) in [6.07, 6.45) is 20.2. The fraction of sp³-hybridized carbons (Fsp3) is 0.825. The van der Waals surface area contributed by atoms with Gasteiger partial charge < -0.3 is 48.4 Å². The van der Waals surface area contributed by atoms with Gasteiger partial charge in [0.2, 0.25) is 0 Å². The number of rotatable bonds is 41. The van der Waals surface area contributed by atoms with Gasteiger partial charge in [0.1, 0.15) is 19.0 Å². The summed E-state index contributed by atoms with van der Waals surface area (Å²) in [5.74, 6) is 0.643. The molecule has 0 atom stereocenters. The molecule has 0 aliphatic rings. The molecule has 1 aromatic carbocycles. The summed E-state index contributed by atoms with van der Waals surface area (Å²) in [7, 11) is 0. The summed E-state index contributed by atoms with van der Waals surface area (Å²) in [6.45, 7) is 9.86. The third kappa shape index (κ3) is 36.2. The van der Waals surface area contributed by atoms with Gasteiger partial charge in [-0.05, 0) is 30.7 Å². The van der Waals surface area contributed by atoms with Crippen LogP contribution in [0.25, 0.3) is 0 Å². The predicted octanol–water partition coefficient (Wildman–Crippen LogP) is 7.57. The van der Waals surface area contributed by atoms with Gasteiger partial charge >= 0.3 is 5.97 Å². The van der Waals surface area contributed by atoms with Crippen LogP contribution in [-0.2, 0) is 42.7 Å². The Morgan fingerprint density at radius 1 is 0.431 bits per heavy atom. The Morgan fingerprint density at radius 2 is 0.745 bits per heavy atom. The lowest BCUT2D eigenvalue weighted by molar-refractivity contribution is -0.145. The van der Waals surface area contributed by atoms with Gasteiger partial charge in [-0.15, -0.1) is 0 Å². The van der Waals surface area contributed by atoms with Crippen LogP contribution in [0.4, 0.5) is 5.69 Å². The number of esters is 1. The molecule has 0 saturated heterocycles. The molecule has 0 fully saturated rings. The van der Waals surface area contributed by atoms with Crippen LogP contribution in [-0.4, -0.2) is 112 Å². The molecule has 51 heavy (non-hydrogen) atoms. The fourth-order valence-electron chi connectivity index (χ4n) is 5.13. The summed E-state index contributed by atoms with van der Waals surface area (Å²) in [5.41, 5.74) is 6.36. The van der Waals surface area contributed by atoms with E-state index in [1.807, 2.05) is 12.1 Å². The van der Waals surface area contributed by atoms with Crippen LogP contribution in [0.3, 0.4) is 0 Å². The van der Waals surface area contributed by atoms with E-state index in [2.05, 4.69) is 6.92 Å². The summed E-state index contributed by atoms with van der Waals surface area (Å²) in [4.78, 5) is 11.9. The minimum atomic E-state index is -0.129. The Bertz CT molecular complexity index is 845. The van der Waals surface area contributed by atoms with Crippen LogP contribution in [0.1, 0.15) is 110 Å². The van der Waals surface area contributed by atoms with Gasteiger partial charge in [0.05, 0.1) is 92.5 Å². The number of nitrogen functional groups attached to an aromatic ring is 1. The van der Waals surface area contributed by atoms with Gasteiger partial charge in [0, 0.05) is 12.1 Å². The first-order valence-electron chi connectivity index (χ1n) is 19.9. The number of unbranched alkanes of at least 4 members (excludes halogenated alkanes) is 14. The monoisotopic (exact) mass is 728 g/mol. The number of hydrogen-bond donors (Lipinski definition) is 1. The van der Waals surface area contributed by atoms with Crippen LogP contribution in [0.15, 0.2) is 24.3 Å². The van der Waals surface area contributed by atoms with Gasteiger partial charge in [-0.1, -0.05) is 96.8 Å². The van der Waals surface area contributed by atoms with Crippen molar-refractivity contribution in [1.29, 1.82) is 0 Å². The highest BCUT2D eigenvalue weighted by molar-refractivity contribution is 5.69. The van der Waals surface area contributed by atoms with E-state index in [-0.39, 0.29) is 5.97 Å². The third-order valence-electron chi connectivity index (χ3n) is 8.08. The van der Waals surface area contributed by atoms with Crippen LogP contribution in [0.2, 0.25) is 0 Å². The SMILES string of the molecule is CCCCCCCCCCCCCCCCCC(=O)OCCOCCOCCOCCOCCOCCOCCOCCOc1ccc(N)cc1. The molecule has 0 aliphatic heterocycles. The summed E-state index contributed by atoms with van der Waals surface area (Å²) < 4.78 is 49.2. The van der Waals surface area contributed by atoms with E-state index in [4.69, 9.17) is 48.4 Å². The Labute approximate surface area is 309 Å². The van der Waals surface area contributed by atoms with Crippen LogP contribution >= 0.6 is 0 Å². The first-order chi connectivity index (χ1) is 25.2. The first kappa shape index (κ1) is 47.0. The first-order valence-corrected chi connectivity index (χ1v) is 19.9. The molecule has 11 nitrogen and oxygen atoms in total. The highest BCUT2D eigenvalue weighted by Crippen LogP contribution is 2.14. The van der Waals surface area contributed by atoms with Crippen molar-refractivity contribution in [1.82, 2.24) is 0 Å². The maximum Gasteiger partial charge on any atom is 0.305 e. The number of carbonyl (C=O) groups is 1. The molecule has 0 bridgehead atoms. The van der Waals surface area contributed by atoms with Gasteiger partial charge in [-0.2, -0.15) is 0 Å². The lowest BCUT2D eigenvalue weighted by Gasteiger charge is -2.09. The molecule has 0 heterocycles. The van der Waals surface area contributed by atoms with Crippen LogP contribution < -0.4 is 10.5 Å². The molecule has 1 aromatic rings. The van der Waals surface area contributed by atoms with Crippen molar-refractivity contribution in [2.75, 3.05) is 111 Å². The van der Waals surface area contributed by atoms with E-state index >= 15 is 0 Å². The standard InChI is InChI=1S/C40H73NO10/c1-2-3-4-5-6-7-8-9-10-11-12-13-14-15-16-17-40(42)51-37-35-49-33-31-47-29-27-45-25-23-43-22-24-44-26-28-46-30-32-48-34-36-50-39-20-18-38(41)19-21-39/h18-21H,2-17,22-37,41H2,1H3. The molecular formula is C40H73NO10. The van der Waals surface area contributed by atoms with Crippen molar-refractivity contribution in [3.63, 3.8) is 0 Å². The van der Waals surface area contributed by atoms with Crippen molar-refractivity contribution in [2.45, 2.75) is 110 Å². The largest absolute Gasteiger partial charge is 0.491 e. The summed E-state index contributed by atoms with van der Waals surface area (Å²) >= 11 is 0. The van der Waals surface area contributed by atoms with E-state index < -0.39 is 0 Å². The zero-order chi connectivity index (χ0) is 36.6. The molecule has 0 aromatic heterocycles. The molecule has 298 valence electrons. The molecule has 0 unspecified atom stereocenters. The van der Waals surface area contributed by atoms with Gasteiger partial charge in [-0.25, -0.2) is 0 Å². The summed E-state index contributed by atoms with van der Waals surface area (Å²) in [5, 5.41) is 0. The van der Waals surface area contributed by atoms with Crippen molar-refractivity contribution in [2.24, 2.45) is 0 Å². The van der Waals surface area contributed by atoms with E-state index in [1.54, 1.807) is 12.1 Å². The molecule has 0 amide bonds. The van der Waals surface area contributed by atoms with Gasteiger partial charge in [0.15, 0.2) is 0 Å². The number of benzene rings is 1. The van der Waals surface area contributed by atoms with Gasteiger partial charge in [0.25, 0.3) is 0 Å². The maximum atomic E-state index is 11.9. The molecule has 0 saturated carbocycles. The van der Waals surface area contributed by atoms with E-state index in [0.717, 1.165) is 18.6 Å². The second-order valence-corrected chi connectivity index (χ2v) is 12.6. The quantitative estimate of drug-likeness (QED) is 0.0408. The second kappa shape index (κ2) is 39.2. The number of nitrogens with two attached hydrogens (primary N) is 1. The lowest BCUT2D eigenvalue weighted by Crippen LogP contribution is -2.15. The average Bonchev–Trinajstić information content (AvgIpc) is 3.14. The Kier molecular flexibility index (Phi) is 36.2. The average molecular weight is 728 g/mol. The molecule has 1 rings (SSSR count). The Balaban J connectivity index is 1.65. The van der Waals surface area contributed by atoms with Crippen LogP contribution in [0.5, 0.6) is 5.75 Å². The van der Waals surface area contributed by atoms with E-state index in [9.17, 15) is 4.79 Å². The van der Waals surface area contributed by atoms with Crippen molar-refractivity contribution in [3.05, 3.63) is 24.3 Å². The zero-order valence-electron chi connectivity index (χ0n) is 32.1. The second-order valence-electron chi connectivity index (χ2n) is 12.6. The molecule has 11 heteroatoms. The normalized spacial score (nSPS) is 11.3. The minimum absolute atomic E-state index is 0.129. The minimum Gasteiger partial charge on any atom is -0.491 e. The van der Waals surface area contributed by atoms with Crippen molar-refractivity contribution < 1.29 is 47.4 Å². The van der Waals surface area contributed by atoms with E-state index in [0.29, 0.717) is 118 Å². The Hall–Kier alpha value is -1.99. The number of hydrogen-bond acceptors (Lipinski definition) is 11. The van der Waals surface area contributed by atoms with E-state index in [1.165, 1.54) is 83.5 Å². The molecule has 2 N–H and O–H groups in total. The third-order valence-corrected chi connectivity index (χ3v) is 8.08. The number of carbonyl (C=O) groups excluding carboxylic acids is 1. The summed E-state index contributed by atoms with van der Waals surface area (Å²) in [6, 6.07) is 7.27. The number of anilines is 1. The highest BCUT2D eigenvalue weighted by Gasteiger charge is 2.03. The smallest absolute Gasteiger partial charge is 0.305 e. The zero-order valence-corrected chi connectivity index (χ0v) is 32.1. The number of ether oxygens (including phenoxy) is 9. The molecule has 0 spiro atoms. The fourth-order valence-corrected chi connectivity index (χ4v) is 5.13. The molecular weight excluding hydrogens is 654 g/mol. The molecule has 0 aliphatic carbocycles. The van der Waals surface area contributed by atoms with Crippen LogP contribution in [0, 0.1) is 0 Å².